The van der Waals surface area contributed by atoms with Crippen molar-refractivity contribution in [2.45, 2.75) is 50.0 Å². The van der Waals surface area contributed by atoms with Gasteiger partial charge in [0.05, 0.1) is 16.3 Å². The van der Waals surface area contributed by atoms with Gasteiger partial charge >= 0.3 is 6.03 Å². The lowest BCUT2D eigenvalue weighted by atomic mass is 9.96. The van der Waals surface area contributed by atoms with Gasteiger partial charge in [-0.15, -0.1) is 0 Å². The van der Waals surface area contributed by atoms with E-state index in [0.29, 0.717) is 16.4 Å². The van der Waals surface area contributed by atoms with Crippen LogP contribution in [-0.2, 0) is 10.0 Å². The highest BCUT2D eigenvalue weighted by atomic mass is 35.5. The van der Waals surface area contributed by atoms with Crippen LogP contribution < -0.4 is 15.6 Å². The summed E-state index contributed by atoms with van der Waals surface area (Å²) >= 11 is 6.10. The largest absolute Gasteiger partial charge is 0.335 e. The number of nitrogens with one attached hydrogen (secondary N) is 2. The van der Waals surface area contributed by atoms with E-state index in [9.17, 15) is 18.0 Å². The summed E-state index contributed by atoms with van der Waals surface area (Å²) < 4.78 is 28.5. The molecule has 34 heavy (non-hydrogen) atoms. The van der Waals surface area contributed by atoms with Gasteiger partial charge in [0.15, 0.2) is 0 Å². The summed E-state index contributed by atoms with van der Waals surface area (Å²) in [6.45, 7) is 1.88. The van der Waals surface area contributed by atoms with Crippen LogP contribution in [0.4, 0.5) is 4.79 Å². The molecule has 0 aliphatic heterocycles. The summed E-state index contributed by atoms with van der Waals surface area (Å²) in [7, 11) is -4.06. The number of rotatable bonds is 5. The summed E-state index contributed by atoms with van der Waals surface area (Å²) in [5.41, 5.74) is 2.27. The van der Waals surface area contributed by atoms with Crippen molar-refractivity contribution in [1.29, 1.82) is 0 Å². The first-order valence-corrected chi connectivity index (χ1v) is 12.9. The molecule has 0 atom stereocenters. The molecule has 0 unspecified atom stereocenters. The number of urea groups is 1. The fraction of sp³-hybridized carbons (Fsp3) is 0.292. The molecule has 2 amide bonds. The molecular formula is C24H25ClN4O4S. The molecule has 1 aliphatic carbocycles. The zero-order valence-corrected chi connectivity index (χ0v) is 20.2. The van der Waals surface area contributed by atoms with Crippen molar-refractivity contribution in [3.05, 3.63) is 75.5 Å². The smallest absolute Gasteiger partial charge is 0.328 e. The summed E-state index contributed by atoms with van der Waals surface area (Å²) in [5, 5.41) is 7.78. The first-order chi connectivity index (χ1) is 16.2. The molecule has 0 saturated heterocycles. The lowest BCUT2D eigenvalue weighted by molar-refractivity contribution is 0.237. The number of nitrogens with zero attached hydrogens (tertiary/aromatic N) is 2. The monoisotopic (exact) mass is 500 g/mol. The van der Waals surface area contributed by atoms with E-state index in [2.05, 4.69) is 15.1 Å². The molecule has 0 spiro atoms. The van der Waals surface area contributed by atoms with Gasteiger partial charge in [0.25, 0.3) is 15.6 Å². The van der Waals surface area contributed by atoms with Crippen LogP contribution in [0.5, 0.6) is 0 Å². The Balaban J connectivity index is 1.53. The first-order valence-electron chi connectivity index (χ1n) is 11.0. The quantitative estimate of drug-likeness (QED) is 0.546. The third kappa shape index (κ3) is 5.48. The Labute approximate surface area is 203 Å². The molecule has 10 heteroatoms. The number of aromatic nitrogens is 2. The average Bonchev–Trinajstić information content (AvgIpc) is 2.81. The van der Waals surface area contributed by atoms with Gasteiger partial charge < -0.3 is 5.32 Å². The maximum absolute atomic E-state index is 12.6. The minimum atomic E-state index is -4.06. The molecule has 1 aromatic heterocycles. The maximum Gasteiger partial charge on any atom is 0.328 e. The Bertz CT molecular complexity index is 1360. The van der Waals surface area contributed by atoms with E-state index in [0.717, 1.165) is 43.2 Å². The second-order valence-electron chi connectivity index (χ2n) is 8.34. The topological polar surface area (TPSA) is 110 Å². The number of carbonyl (C=O) groups excluding carboxylic acids is 1. The van der Waals surface area contributed by atoms with Crippen molar-refractivity contribution in [1.82, 2.24) is 19.8 Å². The van der Waals surface area contributed by atoms with E-state index in [1.165, 1.54) is 35.0 Å². The maximum atomic E-state index is 12.6. The minimum absolute atomic E-state index is 0.0130. The Morgan fingerprint density at radius 1 is 1.03 bits per heavy atom. The van der Waals surface area contributed by atoms with Gasteiger partial charge in [-0.1, -0.05) is 36.9 Å². The first kappa shape index (κ1) is 24.0. The minimum Gasteiger partial charge on any atom is -0.335 e. The number of aryl methyl sites for hydroxylation is 1. The van der Waals surface area contributed by atoms with Crippen molar-refractivity contribution in [3.8, 4) is 16.9 Å². The van der Waals surface area contributed by atoms with Gasteiger partial charge in [0.1, 0.15) is 0 Å². The van der Waals surface area contributed by atoms with Gasteiger partial charge in [-0.25, -0.2) is 17.9 Å². The lowest BCUT2D eigenvalue weighted by Gasteiger charge is -2.22. The van der Waals surface area contributed by atoms with Crippen molar-refractivity contribution < 1.29 is 13.2 Å². The summed E-state index contributed by atoms with van der Waals surface area (Å²) in [6, 6.07) is 13.3. The highest BCUT2D eigenvalue weighted by Crippen LogP contribution is 2.23. The zero-order chi connectivity index (χ0) is 24.3. The zero-order valence-electron chi connectivity index (χ0n) is 18.6. The van der Waals surface area contributed by atoms with Crippen molar-refractivity contribution in [2.24, 2.45) is 0 Å². The van der Waals surface area contributed by atoms with Gasteiger partial charge in [-0.3, -0.25) is 4.79 Å². The third-order valence-corrected chi connectivity index (χ3v) is 7.58. The van der Waals surface area contributed by atoms with E-state index in [-0.39, 0.29) is 16.5 Å². The molecule has 4 rings (SSSR count). The van der Waals surface area contributed by atoms with Crippen LogP contribution in [0.2, 0.25) is 5.02 Å². The predicted molar refractivity (Wildman–Crippen MR) is 131 cm³/mol. The number of benzene rings is 2. The molecular weight excluding hydrogens is 476 g/mol. The van der Waals surface area contributed by atoms with Crippen LogP contribution in [0.3, 0.4) is 0 Å². The molecule has 1 aliphatic rings. The van der Waals surface area contributed by atoms with Crippen LogP contribution in [0.25, 0.3) is 16.9 Å². The van der Waals surface area contributed by atoms with Crippen molar-refractivity contribution in [3.63, 3.8) is 0 Å². The Morgan fingerprint density at radius 3 is 2.41 bits per heavy atom. The number of carbonyl (C=O) groups is 1. The van der Waals surface area contributed by atoms with Crippen LogP contribution in [0, 0.1) is 6.92 Å². The van der Waals surface area contributed by atoms with E-state index >= 15 is 0 Å². The molecule has 1 heterocycles. The SMILES string of the molecule is Cc1cc(-c2ccc(=O)n(-c3ccc(S(=O)(=O)NC(=O)NC4CCCCC4)cc3)n2)ccc1Cl. The number of hydrogen-bond acceptors (Lipinski definition) is 5. The number of amides is 2. The third-order valence-electron chi connectivity index (χ3n) is 5.81. The van der Waals surface area contributed by atoms with Crippen LogP contribution in [-0.4, -0.2) is 30.3 Å². The molecule has 2 aromatic carbocycles. The van der Waals surface area contributed by atoms with Crippen molar-refractivity contribution in [2.75, 3.05) is 0 Å². The van der Waals surface area contributed by atoms with Gasteiger partial charge in [-0.2, -0.15) is 9.78 Å². The second kappa shape index (κ2) is 9.99. The fourth-order valence-electron chi connectivity index (χ4n) is 3.96. The highest BCUT2D eigenvalue weighted by molar-refractivity contribution is 7.90. The van der Waals surface area contributed by atoms with E-state index < -0.39 is 16.1 Å². The highest BCUT2D eigenvalue weighted by Gasteiger charge is 2.21. The summed E-state index contributed by atoms with van der Waals surface area (Å²) in [4.78, 5) is 24.5. The number of hydrogen-bond donors (Lipinski definition) is 2. The molecule has 2 N–H and O–H groups in total. The molecule has 0 radical (unpaired) electrons. The molecule has 8 nitrogen and oxygen atoms in total. The Morgan fingerprint density at radius 2 is 1.74 bits per heavy atom. The van der Waals surface area contributed by atoms with Gasteiger partial charge in [0.2, 0.25) is 0 Å². The number of halogens is 1. The summed E-state index contributed by atoms with van der Waals surface area (Å²) in [6.07, 6.45) is 4.86. The molecule has 1 fully saturated rings. The van der Waals surface area contributed by atoms with Crippen molar-refractivity contribution >= 4 is 27.7 Å². The Kier molecular flexibility index (Phi) is 7.04. The Hall–Kier alpha value is -3.17. The van der Waals surface area contributed by atoms with Gasteiger partial charge in [0, 0.05) is 22.7 Å². The standard InChI is InChI=1S/C24H25ClN4O4S/c1-16-15-17(7-12-21(16)25)22-13-14-23(30)29(27-22)19-8-10-20(11-9-19)34(32,33)28-24(31)26-18-5-3-2-4-6-18/h7-15,18H,2-6H2,1H3,(H2,26,28,31). The van der Waals surface area contributed by atoms with Crippen LogP contribution in [0.1, 0.15) is 37.7 Å². The second-order valence-corrected chi connectivity index (χ2v) is 10.4. The van der Waals surface area contributed by atoms with E-state index in [4.69, 9.17) is 11.6 Å². The van der Waals surface area contributed by atoms with E-state index in [1.807, 2.05) is 19.1 Å². The van der Waals surface area contributed by atoms with Crippen LogP contribution >= 0.6 is 11.6 Å². The lowest BCUT2D eigenvalue weighted by Crippen LogP contribution is -2.45. The van der Waals surface area contributed by atoms with Gasteiger partial charge in [-0.05, 0) is 67.8 Å². The predicted octanol–water partition coefficient (Wildman–Crippen LogP) is 4.18. The fourth-order valence-corrected chi connectivity index (χ4v) is 5.00. The molecule has 0 bridgehead atoms. The normalized spacial score (nSPS) is 14.5. The summed E-state index contributed by atoms with van der Waals surface area (Å²) in [5.74, 6) is 0. The molecule has 178 valence electrons. The average molecular weight is 501 g/mol. The molecule has 3 aromatic rings. The molecule has 1 saturated carbocycles. The van der Waals surface area contributed by atoms with E-state index in [1.54, 1.807) is 12.1 Å². The number of sulfonamides is 1. The van der Waals surface area contributed by atoms with Crippen LogP contribution in [0.15, 0.2) is 64.3 Å².